The van der Waals surface area contributed by atoms with Gasteiger partial charge < -0.3 is 10.1 Å². The van der Waals surface area contributed by atoms with E-state index in [1.807, 2.05) is 6.92 Å². The Balaban J connectivity index is 1.43. The lowest BCUT2D eigenvalue weighted by Crippen LogP contribution is -2.38. The Hall–Kier alpha value is -1.70. The van der Waals surface area contributed by atoms with Gasteiger partial charge in [-0.3, -0.25) is 9.59 Å². The molecule has 0 bridgehead atoms. The number of amides is 1. The van der Waals surface area contributed by atoms with E-state index in [4.69, 9.17) is 4.74 Å². The Morgan fingerprint density at radius 1 is 1.23 bits per heavy atom. The topological polar surface area (TPSA) is 55.4 Å². The van der Waals surface area contributed by atoms with E-state index in [-0.39, 0.29) is 23.8 Å². The fourth-order valence-corrected chi connectivity index (χ4v) is 8.62. The molecule has 1 aromatic rings. The SMILES string of the molecule is C=C(/C=C\C(=C/C)Cc1c(Br)sc(Br)c1C(=O)NC1CC2CC(C(=O)OC)C2C1)C1=CC=CCC1. The number of hydrogen-bond acceptors (Lipinski definition) is 4. The molecule has 1 aromatic heterocycles. The third-order valence-corrected chi connectivity index (χ3v) is 10.1. The van der Waals surface area contributed by atoms with E-state index in [1.54, 1.807) is 0 Å². The maximum atomic E-state index is 13.4. The summed E-state index contributed by atoms with van der Waals surface area (Å²) in [4.78, 5) is 25.3. The van der Waals surface area contributed by atoms with Crippen molar-refractivity contribution in [1.82, 2.24) is 5.32 Å². The number of carbonyl (C=O) groups excluding carboxylic acids is 2. The van der Waals surface area contributed by atoms with Crippen LogP contribution in [-0.4, -0.2) is 25.0 Å². The summed E-state index contributed by atoms with van der Waals surface area (Å²) < 4.78 is 6.72. The van der Waals surface area contributed by atoms with Crippen LogP contribution in [0.5, 0.6) is 0 Å². The van der Waals surface area contributed by atoms with Crippen molar-refractivity contribution in [3.63, 3.8) is 0 Å². The molecular weight excluding hydrogens is 590 g/mol. The molecule has 0 radical (unpaired) electrons. The van der Waals surface area contributed by atoms with E-state index in [2.05, 4.69) is 80.2 Å². The Morgan fingerprint density at radius 3 is 2.71 bits per heavy atom. The minimum absolute atomic E-state index is 0.0105. The van der Waals surface area contributed by atoms with Gasteiger partial charge in [-0.1, -0.05) is 43.0 Å². The number of fused-ring (bicyclic) bond motifs is 1. The van der Waals surface area contributed by atoms with Crippen molar-refractivity contribution in [1.29, 1.82) is 0 Å². The Kier molecular flexibility index (Phi) is 8.71. The Morgan fingerprint density at radius 2 is 2.03 bits per heavy atom. The van der Waals surface area contributed by atoms with Gasteiger partial charge in [-0.15, -0.1) is 11.3 Å². The summed E-state index contributed by atoms with van der Waals surface area (Å²) in [6.45, 7) is 6.25. The zero-order chi connectivity index (χ0) is 25.1. The van der Waals surface area contributed by atoms with Crippen LogP contribution in [0, 0.1) is 17.8 Å². The van der Waals surface area contributed by atoms with E-state index in [1.165, 1.54) is 24.0 Å². The smallest absolute Gasteiger partial charge is 0.308 e. The number of ether oxygens (including phenoxy) is 1. The molecule has 2 fully saturated rings. The molecule has 1 amide bonds. The highest BCUT2D eigenvalue weighted by atomic mass is 79.9. The molecule has 0 saturated heterocycles. The van der Waals surface area contributed by atoms with Crippen LogP contribution < -0.4 is 5.32 Å². The standard InChI is InChI=1S/C28H31Br2NO3S/c1-4-17(11-10-16(2)18-8-6-5-7-9-18)12-23-24(26(30)35-25(23)29)27(32)31-20-13-19-14-22(21(19)15-20)28(33)34-3/h4-6,8,10-11,19-22H,2,7,9,12-15H2,1,3H3,(H,31,32)/b11-10-,17-4+. The summed E-state index contributed by atoms with van der Waals surface area (Å²) in [7, 11) is 1.45. The van der Waals surface area contributed by atoms with Gasteiger partial charge in [-0.25, -0.2) is 0 Å². The minimum Gasteiger partial charge on any atom is -0.469 e. The molecule has 3 aliphatic rings. The molecule has 4 atom stereocenters. The van der Waals surface area contributed by atoms with Crippen molar-refractivity contribution in [2.45, 2.75) is 51.5 Å². The van der Waals surface area contributed by atoms with Gasteiger partial charge in [-0.2, -0.15) is 0 Å². The zero-order valence-corrected chi connectivity index (χ0v) is 24.1. The van der Waals surface area contributed by atoms with Gasteiger partial charge in [0.25, 0.3) is 5.91 Å². The van der Waals surface area contributed by atoms with Crippen molar-refractivity contribution < 1.29 is 14.3 Å². The van der Waals surface area contributed by atoms with Crippen LogP contribution in [0.25, 0.3) is 0 Å². The van der Waals surface area contributed by atoms with Crippen LogP contribution in [0.4, 0.5) is 0 Å². The summed E-state index contributed by atoms with van der Waals surface area (Å²) in [5.74, 6) is 0.647. The summed E-state index contributed by atoms with van der Waals surface area (Å²) in [6, 6.07) is 0.0906. The first-order chi connectivity index (χ1) is 16.8. The summed E-state index contributed by atoms with van der Waals surface area (Å²) in [5.41, 5.74) is 5.09. The number of allylic oxidation sites excluding steroid dienone is 9. The van der Waals surface area contributed by atoms with Crippen LogP contribution in [0.1, 0.15) is 54.9 Å². The zero-order valence-electron chi connectivity index (χ0n) is 20.1. The number of esters is 1. The van der Waals surface area contributed by atoms with Gasteiger partial charge in [0.2, 0.25) is 0 Å². The average Bonchev–Trinajstić information content (AvgIpc) is 3.31. The lowest BCUT2D eigenvalue weighted by atomic mass is 9.67. The predicted octanol–water partition coefficient (Wildman–Crippen LogP) is 7.47. The molecule has 4 nitrogen and oxygen atoms in total. The van der Waals surface area contributed by atoms with Crippen LogP contribution in [0.2, 0.25) is 0 Å². The van der Waals surface area contributed by atoms with Crippen molar-refractivity contribution in [3.8, 4) is 0 Å². The summed E-state index contributed by atoms with van der Waals surface area (Å²) >= 11 is 8.83. The lowest BCUT2D eigenvalue weighted by Gasteiger charge is -2.37. The second-order valence-electron chi connectivity index (χ2n) is 9.49. The van der Waals surface area contributed by atoms with Gasteiger partial charge >= 0.3 is 5.97 Å². The summed E-state index contributed by atoms with van der Waals surface area (Å²) in [5, 5.41) is 3.25. The highest BCUT2D eigenvalue weighted by molar-refractivity contribution is 9.12. The highest BCUT2D eigenvalue weighted by Gasteiger charge is 2.51. The molecule has 7 heteroatoms. The monoisotopic (exact) mass is 619 g/mol. The van der Waals surface area contributed by atoms with Crippen molar-refractivity contribution in [2.24, 2.45) is 17.8 Å². The summed E-state index contributed by atoms with van der Waals surface area (Å²) in [6.07, 6.45) is 18.0. The maximum Gasteiger partial charge on any atom is 0.308 e. The number of carbonyl (C=O) groups is 2. The normalized spacial score (nSPS) is 25.7. The number of rotatable bonds is 8. The largest absolute Gasteiger partial charge is 0.469 e. The average molecular weight is 621 g/mol. The second-order valence-corrected chi connectivity index (χ2v) is 13.1. The quantitative estimate of drug-likeness (QED) is 0.242. The second kappa shape index (κ2) is 11.6. The fraction of sp³-hybridized carbons (Fsp3) is 0.429. The molecule has 35 heavy (non-hydrogen) atoms. The molecule has 2 saturated carbocycles. The Labute approximate surface area is 228 Å². The first-order valence-corrected chi connectivity index (χ1v) is 14.5. The van der Waals surface area contributed by atoms with Crippen LogP contribution in [0.15, 0.2) is 67.3 Å². The molecule has 0 aliphatic heterocycles. The molecule has 1 N–H and O–H groups in total. The van der Waals surface area contributed by atoms with Gasteiger partial charge in [0.15, 0.2) is 0 Å². The third-order valence-electron chi connectivity index (χ3n) is 7.48. The van der Waals surface area contributed by atoms with Crippen molar-refractivity contribution in [3.05, 3.63) is 78.5 Å². The van der Waals surface area contributed by atoms with E-state index >= 15 is 0 Å². The Bertz CT molecular complexity index is 1140. The number of nitrogens with one attached hydrogen (secondary N) is 1. The van der Waals surface area contributed by atoms with E-state index in [0.717, 1.165) is 56.4 Å². The van der Waals surface area contributed by atoms with Gasteiger partial charge in [-0.05, 0) is 111 Å². The number of thiophene rings is 1. The predicted molar refractivity (Wildman–Crippen MR) is 150 cm³/mol. The molecule has 0 aromatic carbocycles. The van der Waals surface area contributed by atoms with E-state index < -0.39 is 0 Å². The van der Waals surface area contributed by atoms with Crippen LogP contribution >= 0.6 is 43.2 Å². The molecule has 1 heterocycles. The lowest BCUT2D eigenvalue weighted by molar-refractivity contribution is -0.153. The molecule has 3 aliphatic carbocycles. The highest BCUT2D eigenvalue weighted by Crippen LogP contribution is 2.51. The van der Waals surface area contributed by atoms with Gasteiger partial charge in [0.05, 0.1) is 26.2 Å². The molecule has 0 spiro atoms. The van der Waals surface area contributed by atoms with Crippen molar-refractivity contribution >= 4 is 55.1 Å². The van der Waals surface area contributed by atoms with Gasteiger partial charge in [0.1, 0.15) is 0 Å². The van der Waals surface area contributed by atoms with Crippen LogP contribution in [-0.2, 0) is 16.0 Å². The minimum atomic E-state index is -0.115. The van der Waals surface area contributed by atoms with Gasteiger partial charge in [0, 0.05) is 6.04 Å². The molecule has 4 rings (SSSR count). The first kappa shape index (κ1) is 26.4. The molecule has 186 valence electrons. The number of methoxy groups -OCH3 is 1. The third kappa shape index (κ3) is 5.83. The molecule has 4 unspecified atom stereocenters. The van der Waals surface area contributed by atoms with Crippen molar-refractivity contribution in [2.75, 3.05) is 7.11 Å². The molecular formula is C28H31Br2NO3S. The van der Waals surface area contributed by atoms with Crippen LogP contribution in [0.3, 0.4) is 0 Å². The number of halogens is 2. The number of hydrogen-bond donors (Lipinski definition) is 1. The maximum absolute atomic E-state index is 13.4. The van der Waals surface area contributed by atoms with E-state index in [9.17, 15) is 9.59 Å². The first-order valence-electron chi connectivity index (χ1n) is 12.1. The fourth-order valence-electron chi connectivity index (χ4n) is 5.46. The van der Waals surface area contributed by atoms with E-state index in [0.29, 0.717) is 23.8 Å².